The van der Waals surface area contributed by atoms with Gasteiger partial charge in [-0.1, -0.05) is 20.8 Å². The second-order valence-electron chi connectivity index (χ2n) is 8.56. The molecule has 2 heterocycles. The number of rotatable bonds is 9. The second kappa shape index (κ2) is 10.1. The number of benzene rings is 1. The van der Waals surface area contributed by atoms with Gasteiger partial charge in [0.15, 0.2) is 0 Å². The van der Waals surface area contributed by atoms with Crippen LogP contribution < -0.4 is 5.32 Å². The summed E-state index contributed by atoms with van der Waals surface area (Å²) in [6.45, 7) is 10.8. The van der Waals surface area contributed by atoms with E-state index < -0.39 is 10.0 Å². The maximum Gasteiger partial charge on any atom is 0.267 e. The minimum atomic E-state index is -3.53. The van der Waals surface area contributed by atoms with E-state index in [1.807, 2.05) is 25.5 Å². The van der Waals surface area contributed by atoms with Crippen molar-refractivity contribution in [2.75, 3.05) is 39.3 Å². The Morgan fingerprint density at radius 2 is 1.97 bits per heavy atom. The molecule has 0 aliphatic carbocycles. The van der Waals surface area contributed by atoms with E-state index in [9.17, 15) is 13.2 Å². The molecule has 1 aromatic heterocycles. The third-order valence-electron chi connectivity index (χ3n) is 6.27. The zero-order chi connectivity index (χ0) is 22.6. The third kappa shape index (κ3) is 5.30. The summed E-state index contributed by atoms with van der Waals surface area (Å²) in [6.07, 6.45) is 3.50. The first-order valence-electron chi connectivity index (χ1n) is 11.4. The molecule has 3 rings (SSSR count). The molecular formula is C23H36N4O3S. The Morgan fingerprint density at radius 1 is 1.23 bits per heavy atom. The van der Waals surface area contributed by atoms with Crippen molar-refractivity contribution in [3.05, 3.63) is 30.0 Å². The molecule has 0 bridgehead atoms. The molecule has 1 aliphatic heterocycles. The number of carbonyl (C=O) groups excluding carboxylic acids is 1. The van der Waals surface area contributed by atoms with Crippen LogP contribution in [0, 0.1) is 5.92 Å². The predicted octanol–water partition coefficient (Wildman–Crippen LogP) is 3.06. The van der Waals surface area contributed by atoms with Crippen molar-refractivity contribution < 1.29 is 13.2 Å². The Labute approximate surface area is 186 Å². The second-order valence-corrected chi connectivity index (χ2v) is 10.5. The lowest BCUT2D eigenvalue weighted by atomic mass is 10.0. The van der Waals surface area contributed by atoms with Gasteiger partial charge in [-0.25, -0.2) is 8.42 Å². The lowest BCUT2D eigenvalue weighted by Crippen LogP contribution is -2.36. The van der Waals surface area contributed by atoms with Gasteiger partial charge in [0.25, 0.3) is 5.91 Å². The Kier molecular flexibility index (Phi) is 7.78. The highest BCUT2D eigenvalue weighted by Crippen LogP contribution is 2.24. The summed E-state index contributed by atoms with van der Waals surface area (Å²) in [5, 5.41) is 3.77. The summed E-state index contributed by atoms with van der Waals surface area (Å²) in [7, 11) is -1.69. The molecule has 2 aromatic rings. The maximum atomic E-state index is 12.8. The Morgan fingerprint density at radius 3 is 2.65 bits per heavy atom. The van der Waals surface area contributed by atoms with E-state index in [1.54, 1.807) is 24.3 Å². The molecular weight excluding hydrogens is 412 g/mol. The largest absolute Gasteiger partial charge is 0.351 e. The summed E-state index contributed by atoms with van der Waals surface area (Å²) < 4.78 is 28.9. The van der Waals surface area contributed by atoms with Crippen LogP contribution in [0.4, 0.5) is 0 Å². The van der Waals surface area contributed by atoms with E-state index in [2.05, 4.69) is 17.1 Å². The van der Waals surface area contributed by atoms with Crippen LogP contribution in [0.2, 0.25) is 0 Å². The fourth-order valence-corrected chi connectivity index (χ4v) is 6.00. The van der Waals surface area contributed by atoms with Crippen LogP contribution in [-0.2, 0) is 17.1 Å². The van der Waals surface area contributed by atoms with Crippen LogP contribution in [0.15, 0.2) is 29.2 Å². The van der Waals surface area contributed by atoms with Gasteiger partial charge in [0, 0.05) is 44.1 Å². The fraction of sp³-hybridized carbons (Fsp3) is 0.609. The van der Waals surface area contributed by atoms with Gasteiger partial charge in [-0.15, -0.1) is 0 Å². The number of piperidine rings is 1. The summed E-state index contributed by atoms with van der Waals surface area (Å²) in [5.41, 5.74) is 1.38. The van der Waals surface area contributed by atoms with Crippen LogP contribution in [0.25, 0.3) is 10.9 Å². The summed E-state index contributed by atoms with van der Waals surface area (Å²) in [6, 6.07) is 6.84. The lowest BCUT2D eigenvalue weighted by Gasteiger charge is -2.30. The van der Waals surface area contributed by atoms with Gasteiger partial charge in [-0.05, 0) is 62.5 Å². The first-order chi connectivity index (χ1) is 14.8. The number of nitrogens with zero attached hydrogens (tertiary/aromatic N) is 3. The zero-order valence-corrected chi connectivity index (χ0v) is 20.0. The lowest BCUT2D eigenvalue weighted by molar-refractivity contribution is 0.0942. The van der Waals surface area contributed by atoms with Crippen LogP contribution >= 0.6 is 0 Å². The number of amides is 1. The molecule has 1 unspecified atom stereocenters. The number of fused-ring (bicyclic) bond motifs is 1. The molecule has 8 heteroatoms. The summed E-state index contributed by atoms with van der Waals surface area (Å²) in [5.74, 6) is 0.633. The molecule has 0 radical (unpaired) electrons. The highest BCUT2D eigenvalue weighted by atomic mass is 32.2. The van der Waals surface area contributed by atoms with Gasteiger partial charge in [0.2, 0.25) is 10.0 Å². The topological polar surface area (TPSA) is 74.7 Å². The quantitative estimate of drug-likeness (QED) is 0.599. The van der Waals surface area contributed by atoms with Crippen LogP contribution in [0.5, 0.6) is 0 Å². The Balaban J connectivity index is 1.66. The molecule has 1 N–H and O–H groups in total. The predicted molar refractivity (Wildman–Crippen MR) is 125 cm³/mol. The molecule has 1 aliphatic rings. The molecule has 1 amide bonds. The van der Waals surface area contributed by atoms with E-state index in [-0.39, 0.29) is 10.8 Å². The monoisotopic (exact) mass is 448 g/mol. The van der Waals surface area contributed by atoms with Crippen molar-refractivity contribution in [2.24, 2.45) is 13.0 Å². The van der Waals surface area contributed by atoms with E-state index >= 15 is 0 Å². The van der Waals surface area contributed by atoms with Gasteiger partial charge in [0.05, 0.1) is 4.90 Å². The van der Waals surface area contributed by atoms with Crippen molar-refractivity contribution >= 4 is 26.8 Å². The number of carbonyl (C=O) groups is 1. The Hall–Kier alpha value is -1.90. The van der Waals surface area contributed by atoms with Crippen LogP contribution in [-0.4, -0.2) is 67.4 Å². The van der Waals surface area contributed by atoms with Crippen molar-refractivity contribution in [2.45, 2.75) is 44.9 Å². The maximum absolute atomic E-state index is 12.8. The minimum absolute atomic E-state index is 0.126. The average molecular weight is 449 g/mol. The Bertz CT molecular complexity index is 1010. The standard InChI is InChI=1S/C23H36N4O3S/c1-5-27(6-2)31(29,30)20-10-11-21-19(15-20)16-22(25(21)4)23(28)24-12-8-14-26-13-7-9-18(3)17-26/h10-11,15-16,18H,5-9,12-14,17H2,1-4H3,(H,24,28). The minimum Gasteiger partial charge on any atom is -0.351 e. The number of aromatic nitrogens is 1. The molecule has 7 nitrogen and oxygen atoms in total. The third-order valence-corrected chi connectivity index (χ3v) is 8.31. The van der Waals surface area contributed by atoms with E-state index in [1.165, 1.54) is 17.1 Å². The van der Waals surface area contributed by atoms with Crippen LogP contribution in [0.1, 0.15) is 50.5 Å². The number of sulfonamides is 1. The first-order valence-corrected chi connectivity index (χ1v) is 12.8. The number of hydrogen-bond donors (Lipinski definition) is 1. The average Bonchev–Trinajstić information content (AvgIpc) is 3.08. The molecule has 0 saturated carbocycles. The van der Waals surface area contributed by atoms with Gasteiger partial charge >= 0.3 is 0 Å². The molecule has 1 saturated heterocycles. The van der Waals surface area contributed by atoms with Gasteiger partial charge in [0.1, 0.15) is 5.69 Å². The number of aryl methyl sites for hydroxylation is 1. The van der Waals surface area contributed by atoms with Crippen molar-refractivity contribution in [3.63, 3.8) is 0 Å². The SMILES string of the molecule is CCN(CC)S(=O)(=O)c1ccc2c(c1)cc(C(=O)NCCCN1CCCC(C)C1)n2C. The molecule has 1 atom stereocenters. The van der Waals surface area contributed by atoms with E-state index in [4.69, 9.17) is 0 Å². The van der Waals surface area contributed by atoms with Crippen molar-refractivity contribution in [3.8, 4) is 0 Å². The zero-order valence-electron chi connectivity index (χ0n) is 19.2. The summed E-state index contributed by atoms with van der Waals surface area (Å²) >= 11 is 0. The van der Waals surface area contributed by atoms with Crippen molar-refractivity contribution in [1.29, 1.82) is 0 Å². The molecule has 1 aromatic carbocycles. The summed E-state index contributed by atoms with van der Waals surface area (Å²) in [4.78, 5) is 15.5. The van der Waals surface area contributed by atoms with E-state index in [0.29, 0.717) is 25.3 Å². The molecule has 172 valence electrons. The van der Waals surface area contributed by atoms with Crippen LogP contribution in [0.3, 0.4) is 0 Å². The fourth-order valence-electron chi connectivity index (χ4n) is 4.50. The number of likely N-dealkylation sites (tertiary alicyclic amines) is 1. The van der Waals surface area contributed by atoms with Gasteiger partial charge in [-0.3, -0.25) is 4.79 Å². The smallest absolute Gasteiger partial charge is 0.267 e. The van der Waals surface area contributed by atoms with Gasteiger partial charge in [-0.2, -0.15) is 4.31 Å². The molecule has 0 spiro atoms. The molecule has 1 fully saturated rings. The van der Waals surface area contributed by atoms with E-state index in [0.717, 1.165) is 42.9 Å². The first kappa shape index (κ1) is 23.8. The molecule has 31 heavy (non-hydrogen) atoms. The highest BCUT2D eigenvalue weighted by Gasteiger charge is 2.23. The van der Waals surface area contributed by atoms with Gasteiger partial charge < -0.3 is 14.8 Å². The van der Waals surface area contributed by atoms with Crippen molar-refractivity contribution in [1.82, 2.24) is 19.1 Å². The number of hydrogen-bond acceptors (Lipinski definition) is 4. The normalized spacial score (nSPS) is 18.0. The number of nitrogens with one attached hydrogen (secondary N) is 1. The highest BCUT2D eigenvalue weighted by molar-refractivity contribution is 7.89.